The second-order valence-electron chi connectivity index (χ2n) is 3.33. The molecule has 0 spiro atoms. The van der Waals surface area contributed by atoms with E-state index in [0.717, 1.165) is 12.0 Å². The largest absolute Gasteiger partial charge is 0.489 e. The molecule has 3 nitrogen and oxygen atoms in total. The zero-order chi connectivity index (χ0) is 11.3. The minimum absolute atomic E-state index is 0.455. The average Bonchev–Trinajstić information content (AvgIpc) is 2.26. The summed E-state index contributed by atoms with van der Waals surface area (Å²) in [6.07, 6.45) is 0.896. The van der Waals surface area contributed by atoms with Crippen molar-refractivity contribution in [2.75, 3.05) is 6.61 Å². The molecule has 0 aliphatic carbocycles. The highest BCUT2D eigenvalue weighted by Gasteiger charge is 2.09. The third-order valence-corrected chi connectivity index (χ3v) is 2.12. The van der Waals surface area contributed by atoms with Crippen molar-refractivity contribution in [2.24, 2.45) is 0 Å². The van der Waals surface area contributed by atoms with Crippen LogP contribution in [0.25, 0.3) is 0 Å². The van der Waals surface area contributed by atoms with Crippen molar-refractivity contribution in [3.05, 3.63) is 36.4 Å². The normalized spacial score (nSPS) is 9.80. The summed E-state index contributed by atoms with van der Waals surface area (Å²) in [5.74, 6) is 0.703. The van der Waals surface area contributed by atoms with E-state index in [-0.39, 0.29) is 0 Å². The Hall–Kier alpha value is -1.26. The molecule has 0 heterocycles. The Balaban J connectivity index is 2.53. The van der Waals surface area contributed by atoms with Crippen LogP contribution < -0.4 is 10.2 Å². The molecule has 4 heteroatoms. The lowest BCUT2D eigenvalue weighted by Crippen LogP contribution is -2.29. The van der Waals surface area contributed by atoms with Gasteiger partial charge >= 0.3 is 7.12 Å². The molecule has 0 radical (unpaired) electrons. The molecular weight excluding hydrogens is 191 g/mol. The molecule has 0 bridgehead atoms. The molecule has 1 rings (SSSR count). The molecule has 1 aromatic rings. The van der Waals surface area contributed by atoms with Gasteiger partial charge < -0.3 is 14.8 Å². The van der Waals surface area contributed by atoms with E-state index < -0.39 is 7.12 Å². The van der Waals surface area contributed by atoms with E-state index in [9.17, 15) is 0 Å². The van der Waals surface area contributed by atoms with E-state index >= 15 is 0 Å². The molecule has 0 aliphatic heterocycles. The zero-order valence-electron chi connectivity index (χ0n) is 8.81. The van der Waals surface area contributed by atoms with Gasteiger partial charge in [0.25, 0.3) is 0 Å². The second kappa shape index (κ2) is 5.58. The summed E-state index contributed by atoms with van der Waals surface area (Å²) in [6, 6.07) is 6.65. The van der Waals surface area contributed by atoms with Crippen LogP contribution >= 0.6 is 0 Å². The quantitative estimate of drug-likeness (QED) is 0.551. The summed E-state index contributed by atoms with van der Waals surface area (Å²) in [5, 5.41) is 17.7. The molecule has 0 saturated carbocycles. The molecule has 0 fully saturated rings. The van der Waals surface area contributed by atoms with Gasteiger partial charge in [-0.05, 0) is 29.6 Å². The first-order valence-electron chi connectivity index (χ1n) is 4.89. The van der Waals surface area contributed by atoms with Gasteiger partial charge in [-0.2, -0.15) is 0 Å². The van der Waals surface area contributed by atoms with Gasteiger partial charge in [0, 0.05) is 0 Å². The highest BCUT2D eigenvalue weighted by Crippen LogP contribution is 2.09. The maximum absolute atomic E-state index is 8.87. The van der Waals surface area contributed by atoms with Gasteiger partial charge in [0.1, 0.15) is 12.4 Å². The lowest BCUT2D eigenvalue weighted by molar-refractivity contribution is 0.349. The highest BCUT2D eigenvalue weighted by atomic mass is 16.5. The Kier molecular flexibility index (Phi) is 4.40. The smallest absolute Gasteiger partial charge is 0.488 e. The Labute approximate surface area is 90.2 Å². The predicted molar refractivity (Wildman–Crippen MR) is 61.2 cm³/mol. The molecule has 0 saturated heterocycles. The van der Waals surface area contributed by atoms with Gasteiger partial charge in [0.05, 0.1) is 0 Å². The lowest BCUT2D eigenvalue weighted by Gasteiger charge is -2.07. The molecule has 0 amide bonds. The number of ether oxygens (including phenoxy) is 1. The molecule has 0 aliphatic rings. The fourth-order valence-electron chi connectivity index (χ4n) is 1.02. The average molecular weight is 206 g/mol. The molecule has 1 aromatic carbocycles. The van der Waals surface area contributed by atoms with Gasteiger partial charge in [-0.3, -0.25) is 0 Å². The molecular formula is C11H15BO3. The van der Waals surface area contributed by atoms with Crippen LogP contribution in [0.15, 0.2) is 36.4 Å². The van der Waals surface area contributed by atoms with Crippen molar-refractivity contribution < 1.29 is 14.8 Å². The van der Waals surface area contributed by atoms with Crippen molar-refractivity contribution in [2.45, 2.75) is 13.3 Å². The first kappa shape index (κ1) is 11.8. The summed E-state index contributed by atoms with van der Waals surface area (Å²) < 4.78 is 5.43. The van der Waals surface area contributed by atoms with E-state index in [1.54, 1.807) is 24.3 Å². The molecule has 0 aromatic heterocycles. The Morgan fingerprint density at radius 1 is 1.33 bits per heavy atom. The van der Waals surface area contributed by atoms with Crippen molar-refractivity contribution in [1.82, 2.24) is 0 Å². The van der Waals surface area contributed by atoms with E-state index in [1.807, 2.05) is 6.92 Å². The summed E-state index contributed by atoms with van der Waals surface area (Å²) in [6.45, 7) is 6.35. The van der Waals surface area contributed by atoms with Crippen LogP contribution in [-0.4, -0.2) is 23.8 Å². The predicted octanol–water partition coefficient (Wildman–Crippen LogP) is 0.711. The zero-order valence-corrected chi connectivity index (χ0v) is 8.81. The van der Waals surface area contributed by atoms with Gasteiger partial charge in [0.2, 0.25) is 0 Å². The fourth-order valence-corrected chi connectivity index (χ4v) is 1.02. The molecule has 0 unspecified atom stereocenters. The highest BCUT2D eigenvalue weighted by molar-refractivity contribution is 6.58. The maximum atomic E-state index is 8.87. The van der Waals surface area contributed by atoms with E-state index in [2.05, 4.69) is 6.58 Å². The topological polar surface area (TPSA) is 49.7 Å². The minimum atomic E-state index is -1.43. The first-order chi connectivity index (χ1) is 7.13. The van der Waals surface area contributed by atoms with E-state index in [0.29, 0.717) is 17.8 Å². The van der Waals surface area contributed by atoms with Crippen molar-refractivity contribution >= 4 is 12.6 Å². The maximum Gasteiger partial charge on any atom is 0.488 e. The standard InChI is InChI=1S/C11H15BO3/c1-3-9(2)8-15-11-6-4-10(5-7-11)12(13)14/h4-7,13-14H,2-3,8H2,1H3. The summed E-state index contributed by atoms with van der Waals surface area (Å²) in [7, 11) is -1.43. The molecule has 2 N–H and O–H groups in total. The van der Waals surface area contributed by atoms with Gasteiger partial charge in [0.15, 0.2) is 0 Å². The van der Waals surface area contributed by atoms with Gasteiger partial charge in [-0.1, -0.05) is 25.6 Å². The molecule has 15 heavy (non-hydrogen) atoms. The molecule has 80 valence electrons. The molecule has 0 atom stereocenters. The van der Waals surface area contributed by atoms with Crippen LogP contribution in [0.2, 0.25) is 0 Å². The summed E-state index contributed by atoms with van der Waals surface area (Å²) in [5.41, 5.74) is 1.48. The number of rotatable bonds is 5. The number of benzene rings is 1. The van der Waals surface area contributed by atoms with E-state index in [1.165, 1.54) is 0 Å². The Morgan fingerprint density at radius 3 is 2.40 bits per heavy atom. The van der Waals surface area contributed by atoms with Crippen LogP contribution in [0.1, 0.15) is 13.3 Å². The third-order valence-electron chi connectivity index (χ3n) is 2.12. The monoisotopic (exact) mass is 206 g/mol. The van der Waals surface area contributed by atoms with Crippen molar-refractivity contribution in [1.29, 1.82) is 0 Å². The Bertz CT molecular complexity index is 319. The van der Waals surface area contributed by atoms with E-state index in [4.69, 9.17) is 14.8 Å². The number of hydrogen-bond donors (Lipinski definition) is 2. The van der Waals surface area contributed by atoms with Crippen LogP contribution in [0.4, 0.5) is 0 Å². The van der Waals surface area contributed by atoms with Gasteiger partial charge in [-0.15, -0.1) is 0 Å². The van der Waals surface area contributed by atoms with Crippen molar-refractivity contribution in [3.63, 3.8) is 0 Å². The number of hydrogen-bond acceptors (Lipinski definition) is 3. The first-order valence-corrected chi connectivity index (χ1v) is 4.89. The lowest BCUT2D eigenvalue weighted by atomic mass is 9.80. The Morgan fingerprint density at radius 2 is 1.93 bits per heavy atom. The van der Waals surface area contributed by atoms with Crippen LogP contribution in [0.5, 0.6) is 5.75 Å². The SMILES string of the molecule is C=C(CC)COc1ccc(B(O)O)cc1. The summed E-state index contributed by atoms with van der Waals surface area (Å²) >= 11 is 0. The van der Waals surface area contributed by atoms with Crippen molar-refractivity contribution in [3.8, 4) is 5.75 Å². The van der Waals surface area contributed by atoms with Crippen LogP contribution in [-0.2, 0) is 0 Å². The second-order valence-corrected chi connectivity index (χ2v) is 3.33. The van der Waals surface area contributed by atoms with Crippen LogP contribution in [0.3, 0.4) is 0 Å². The third kappa shape index (κ3) is 3.77. The summed E-state index contributed by atoms with van der Waals surface area (Å²) in [4.78, 5) is 0. The van der Waals surface area contributed by atoms with Gasteiger partial charge in [-0.25, -0.2) is 0 Å². The fraction of sp³-hybridized carbons (Fsp3) is 0.273. The van der Waals surface area contributed by atoms with Crippen LogP contribution in [0, 0.1) is 0 Å². The minimum Gasteiger partial charge on any atom is -0.489 e.